The van der Waals surface area contributed by atoms with E-state index in [1.54, 1.807) is 7.11 Å². The third kappa shape index (κ3) is 4.17. The van der Waals surface area contributed by atoms with Gasteiger partial charge in [0.2, 0.25) is 12.6 Å². The number of nitrogens with one attached hydrogen (secondary N) is 1. The van der Waals surface area contributed by atoms with E-state index in [1.165, 1.54) is 0 Å². The second-order valence-electron chi connectivity index (χ2n) is 7.78. The molecule has 0 saturated heterocycles. The first-order valence-electron chi connectivity index (χ1n) is 10.7. The molecule has 0 bridgehead atoms. The molecule has 0 spiro atoms. The van der Waals surface area contributed by atoms with Crippen LogP contribution in [0.3, 0.4) is 0 Å². The number of aromatic nitrogens is 2. The third-order valence-electron chi connectivity index (χ3n) is 5.75. The van der Waals surface area contributed by atoms with E-state index in [4.69, 9.17) is 35.9 Å². The van der Waals surface area contributed by atoms with Crippen molar-refractivity contribution in [2.24, 2.45) is 0 Å². The van der Waals surface area contributed by atoms with Crippen LogP contribution in [0, 0.1) is 0 Å². The molecule has 1 aromatic heterocycles. The summed E-state index contributed by atoms with van der Waals surface area (Å²) in [6, 6.07) is 15.5. The number of nitrogens with zero attached hydrogens (tertiary/aromatic N) is 3. The van der Waals surface area contributed by atoms with Gasteiger partial charge in [-0.2, -0.15) is 4.98 Å². The van der Waals surface area contributed by atoms with Gasteiger partial charge in [0.1, 0.15) is 0 Å². The predicted molar refractivity (Wildman–Crippen MR) is 127 cm³/mol. The summed E-state index contributed by atoms with van der Waals surface area (Å²) in [6.45, 7) is 3.62. The summed E-state index contributed by atoms with van der Waals surface area (Å²) in [5.41, 5.74) is 3.73. The van der Waals surface area contributed by atoms with E-state index in [1.807, 2.05) is 43.3 Å². The minimum absolute atomic E-state index is 0.206. The minimum Gasteiger partial charge on any atom is -0.454 e. The average molecular weight is 465 g/mol. The maximum absolute atomic E-state index is 5.78. The number of hydrogen-bond donors (Lipinski definition) is 1. The Labute approximate surface area is 197 Å². The molecule has 1 unspecified atom stereocenters. The highest BCUT2D eigenvalue weighted by molar-refractivity contribution is 7.80. The normalized spacial score (nSPS) is 17.5. The first kappa shape index (κ1) is 21.4. The first-order valence-corrected chi connectivity index (χ1v) is 11.1. The Kier molecular flexibility index (Phi) is 5.97. The lowest BCUT2D eigenvalue weighted by molar-refractivity contribution is 0.174. The van der Waals surface area contributed by atoms with Gasteiger partial charge in [-0.15, -0.1) is 0 Å². The highest BCUT2D eigenvalue weighted by Gasteiger charge is 2.34. The number of methoxy groups -OCH3 is 1. The molecule has 5 rings (SSSR count). The Bertz CT molecular complexity index is 1190. The van der Waals surface area contributed by atoms with Crippen LogP contribution < -0.4 is 14.8 Å². The number of ether oxygens (including phenoxy) is 3. The minimum atomic E-state index is -0.206. The van der Waals surface area contributed by atoms with E-state index in [-0.39, 0.29) is 12.8 Å². The molecule has 2 aromatic carbocycles. The molecule has 3 heterocycles. The van der Waals surface area contributed by atoms with Gasteiger partial charge in [-0.1, -0.05) is 35.5 Å². The van der Waals surface area contributed by atoms with Crippen molar-refractivity contribution in [3.05, 3.63) is 65.7 Å². The van der Waals surface area contributed by atoms with Crippen LogP contribution >= 0.6 is 12.2 Å². The van der Waals surface area contributed by atoms with Gasteiger partial charge in [0, 0.05) is 31.5 Å². The van der Waals surface area contributed by atoms with Crippen LogP contribution in [-0.2, 0) is 4.74 Å². The van der Waals surface area contributed by atoms with E-state index < -0.39 is 0 Å². The maximum Gasteiger partial charge on any atom is 0.258 e. The quantitative estimate of drug-likeness (QED) is 0.409. The number of benzene rings is 2. The summed E-state index contributed by atoms with van der Waals surface area (Å²) in [6.07, 6.45) is 0.839. The zero-order valence-electron chi connectivity index (χ0n) is 18.4. The van der Waals surface area contributed by atoms with Crippen LogP contribution in [0.5, 0.6) is 11.5 Å². The van der Waals surface area contributed by atoms with Gasteiger partial charge in [0.25, 0.3) is 5.89 Å². The molecular formula is C24H24N4O4S. The van der Waals surface area contributed by atoms with Crippen LogP contribution in [0.15, 0.2) is 58.8 Å². The van der Waals surface area contributed by atoms with Gasteiger partial charge < -0.3 is 29.0 Å². The Balaban J connectivity index is 1.54. The molecule has 170 valence electrons. The highest BCUT2D eigenvalue weighted by atomic mass is 32.1. The van der Waals surface area contributed by atoms with Gasteiger partial charge in [-0.3, -0.25) is 0 Å². The largest absolute Gasteiger partial charge is 0.454 e. The van der Waals surface area contributed by atoms with E-state index in [2.05, 4.69) is 27.5 Å². The molecule has 0 radical (unpaired) electrons. The molecule has 0 amide bonds. The van der Waals surface area contributed by atoms with Crippen molar-refractivity contribution in [3.63, 3.8) is 0 Å². The number of thiocarbonyl (C=S) groups is 1. The molecule has 33 heavy (non-hydrogen) atoms. The monoisotopic (exact) mass is 464 g/mol. The van der Waals surface area contributed by atoms with Gasteiger partial charge in [0.05, 0.1) is 11.6 Å². The standard InChI is InChI=1S/C24H24N4O4S/c1-15-20(23-26-22(27-32-23)17-9-10-18-19(13-17)31-14-30-18)21(16-7-4-3-5-8-16)25-24(33)28(15)11-6-12-29-2/h3-5,7-10,13,21H,6,11-12,14H2,1-2H3,(H,25,33). The van der Waals surface area contributed by atoms with Crippen molar-refractivity contribution < 1.29 is 18.7 Å². The summed E-state index contributed by atoms with van der Waals surface area (Å²) in [5, 5.41) is 8.38. The lowest BCUT2D eigenvalue weighted by atomic mass is 9.95. The second-order valence-corrected chi connectivity index (χ2v) is 8.17. The fourth-order valence-electron chi connectivity index (χ4n) is 4.08. The van der Waals surface area contributed by atoms with E-state index >= 15 is 0 Å². The number of hydrogen-bond acceptors (Lipinski definition) is 7. The Morgan fingerprint density at radius 1 is 1.15 bits per heavy atom. The molecule has 2 aliphatic heterocycles. The zero-order valence-corrected chi connectivity index (χ0v) is 19.2. The maximum atomic E-state index is 5.78. The molecular weight excluding hydrogens is 440 g/mol. The van der Waals surface area contributed by atoms with Crippen molar-refractivity contribution in [2.75, 3.05) is 27.1 Å². The molecule has 0 aliphatic carbocycles. The molecule has 0 saturated carbocycles. The Morgan fingerprint density at radius 3 is 2.79 bits per heavy atom. The van der Waals surface area contributed by atoms with E-state index in [0.29, 0.717) is 34.9 Å². The van der Waals surface area contributed by atoms with Gasteiger partial charge in [-0.25, -0.2) is 0 Å². The summed E-state index contributed by atoms with van der Waals surface area (Å²) in [5.74, 6) is 2.31. The lowest BCUT2D eigenvalue weighted by Crippen LogP contribution is -2.46. The summed E-state index contributed by atoms with van der Waals surface area (Å²) in [7, 11) is 1.70. The van der Waals surface area contributed by atoms with E-state index in [0.717, 1.165) is 35.4 Å². The van der Waals surface area contributed by atoms with Crippen LogP contribution in [0.2, 0.25) is 0 Å². The molecule has 2 aliphatic rings. The first-order chi connectivity index (χ1) is 16.2. The fraction of sp³-hybridized carbons (Fsp3) is 0.292. The summed E-state index contributed by atoms with van der Waals surface area (Å²) in [4.78, 5) is 6.81. The molecule has 3 aromatic rings. The molecule has 8 nitrogen and oxygen atoms in total. The third-order valence-corrected chi connectivity index (χ3v) is 6.08. The van der Waals surface area contributed by atoms with Crippen molar-refractivity contribution in [2.45, 2.75) is 19.4 Å². The summed E-state index contributed by atoms with van der Waals surface area (Å²) >= 11 is 5.71. The topological polar surface area (TPSA) is 81.9 Å². The van der Waals surface area contributed by atoms with E-state index in [9.17, 15) is 0 Å². The molecule has 9 heteroatoms. The summed E-state index contributed by atoms with van der Waals surface area (Å²) < 4.78 is 21.9. The zero-order chi connectivity index (χ0) is 22.8. The average Bonchev–Trinajstić information content (AvgIpc) is 3.50. The number of allylic oxidation sites excluding steroid dienone is 1. The van der Waals surface area contributed by atoms with Crippen LogP contribution in [0.4, 0.5) is 0 Å². The SMILES string of the molecule is COCCCN1C(=S)NC(c2ccccc2)C(c2nc(-c3ccc4c(c3)OCO4)no2)=C1C. The van der Waals surface area contributed by atoms with Gasteiger partial charge in [-0.05, 0) is 49.3 Å². The van der Waals surface area contributed by atoms with Crippen molar-refractivity contribution in [3.8, 4) is 22.9 Å². The van der Waals surface area contributed by atoms with Gasteiger partial charge >= 0.3 is 0 Å². The molecule has 0 fully saturated rings. The van der Waals surface area contributed by atoms with Crippen LogP contribution in [0.1, 0.15) is 30.8 Å². The fourth-order valence-corrected chi connectivity index (χ4v) is 4.42. The predicted octanol–water partition coefficient (Wildman–Crippen LogP) is 4.16. The number of rotatable bonds is 7. The lowest BCUT2D eigenvalue weighted by Gasteiger charge is -2.37. The van der Waals surface area contributed by atoms with Crippen molar-refractivity contribution in [1.82, 2.24) is 20.4 Å². The molecule has 1 atom stereocenters. The second kappa shape index (κ2) is 9.21. The van der Waals surface area contributed by atoms with Gasteiger partial charge in [0.15, 0.2) is 16.6 Å². The van der Waals surface area contributed by atoms with Crippen molar-refractivity contribution in [1.29, 1.82) is 0 Å². The molecule has 1 N–H and O–H groups in total. The van der Waals surface area contributed by atoms with Crippen molar-refractivity contribution >= 4 is 22.9 Å². The Morgan fingerprint density at radius 2 is 1.97 bits per heavy atom. The Hall–Kier alpha value is -3.43. The van der Waals surface area contributed by atoms with Crippen LogP contribution in [0.25, 0.3) is 17.0 Å². The van der Waals surface area contributed by atoms with Crippen LogP contribution in [-0.4, -0.2) is 47.2 Å². The smallest absolute Gasteiger partial charge is 0.258 e. The highest BCUT2D eigenvalue weighted by Crippen LogP contribution is 2.39. The number of fused-ring (bicyclic) bond motifs is 1.